The summed E-state index contributed by atoms with van der Waals surface area (Å²) in [6, 6.07) is 0.282. The van der Waals surface area contributed by atoms with Gasteiger partial charge in [-0.1, -0.05) is 20.3 Å². The molecule has 5 nitrogen and oxygen atoms in total. The maximum absolute atomic E-state index is 13.1. The molecule has 0 bridgehead atoms. The van der Waals surface area contributed by atoms with E-state index in [1.807, 2.05) is 0 Å². The fourth-order valence-corrected chi connectivity index (χ4v) is 1.56. The largest absolute Gasteiger partial charge is 0.368 e. The molecule has 0 aromatic carbocycles. The summed E-state index contributed by atoms with van der Waals surface area (Å²) in [5.41, 5.74) is 5.52. The molecule has 0 aliphatic heterocycles. The van der Waals surface area contributed by atoms with Crippen LogP contribution in [0.5, 0.6) is 0 Å². The smallest absolute Gasteiger partial charge is 0.228 e. The topological polar surface area (TPSA) is 76.7 Å². The highest BCUT2D eigenvalue weighted by atomic mass is 19.1. The van der Waals surface area contributed by atoms with Gasteiger partial charge in [0.25, 0.3) is 0 Å². The summed E-state index contributed by atoms with van der Waals surface area (Å²) in [5.74, 6) is 0.483. The summed E-state index contributed by atoms with van der Waals surface area (Å²) in [4.78, 5) is 11.7. The van der Waals surface area contributed by atoms with Crippen LogP contribution >= 0.6 is 0 Å². The molecular formula is C11H20FN5. The first-order valence-electron chi connectivity index (χ1n) is 5.98. The maximum Gasteiger partial charge on any atom is 0.228 e. The molecule has 0 amide bonds. The first kappa shape index (κ1) is 13.6. The lowest BCUT2D eigenvalue weighted by Crippen LogP contribution is -2.21. The number of nitrogens with one attached hydrogen (secondary N) is 1. The maximum atomic E-state index is 13.1. The van der Waals surface area contributed by atoms with E-state index in [4.69, 9.17) is 5.73 Å². The monoisotopic (exact) mass is 241 g/mol. The van der Waals surface area contributed by atoms with Crippen molar-refractivity contribution in [3.8, 4) is 0 Å². The average molecular weight is 241 g/mol. The van der Waals surface area contributed by atoms with Crippen LogP contribution in [0.1, 0.15) is 52.0 Å². The molecule has 1 aromatic heterocycles. The van der Waals surface area contributed by atoms with Crippen LogP contribution in [0.4, 0.5) is 16.3 Å². The molecule has 0 saturated carbocycles. The van der Waals surface area contributed by atoms with Crippen molar-refractivity contribution in [2.45, 2.75) is 52.2 Å². The number of anilines is 2. The van der Waals surface area contributed by atoms with Crippen LogP contribution in [0.15, 0.2) is 0 Å². The van der Waals surface area contributed by atoms with E-state index in [-0.39, 0.29) is 17.8 Å². The summed E-state index contributed by atoms with van der Waals surface area (Å²) >= 11 is 0. The minimum atomic E-state index is -1.24. The Bertz CT molecular complexity index is 356. The van der Waals surface area contributed by atoms with E-state index in [1.54, 1.807) is 0 Å². The highest BCUT2D eigenvalue weighted by molar-refractivity contribution is 5.32. The van der Waals surface area contributed by atoms with E-state index in [0.717, 1.165) is 19.3 Å². The SMILES string of the molecule is CCCC(CC)Nc1nc(N)nc(C(C)F)n1. The Morgan fingerprint density at radius 1 is 1.29 bits per heavy atom. The van der Waals surface area contributed by atoms with Crippen LogP contribution in [0, 0.1) is 0 Å². The number of nitrogens with zero attached hydrogens (tertiary/aromatic N) is 3. The fourth-order valence-electron chi connectivity index (χ4n) is 1.56. The van der Waals surface area contributed by atoms with Crippen molar-refractivity contribution in [2.24, 2.45) is 0 Å². The zero-order valence-electron chi connectivity index (χ0n) is 10.6. The molecule has 96 valence electrons. The van der Waals surface area contributed by atoms with Crippen molar-refractivity contribution >= 4 is 11.9 Å². The lowest BCUT2D eigenvalue weighted by molar-refractivity contribution is 0.356. The quantitative estimate of drug-likeness (QED) is 0.800. The summed E-state index contributed by atoms with van der Waals surface area (Å²) in [7, 11) is 0. The van der Waals surface area contributed by atoms with Crippen LogP contribution in [0.3, 0.4) is 0 Å². The zero-order valence-corrected chi connectivity index (χ0v) is 10.6. The van der Waals surface area contributed by atoms with Gasteiger partial charge in [-0.2, -0.15) is 15.0 Å². The van der Waals surface area contributed by atoms with Crippen LogP contribution < -0.4 is 11.1 Å². The van der Waals surface area contributed by atoms with Crippen molar-refractivity contribution in [3.63, 3.8) is 0 Å². The molecule has 1 aromatic rings. The van der Waals surface area contributed by atoms with Gasteiger partial charge in [-0.15, -0.1) is 0 Å². The van der Waals surface area contributed by atoms with Crippen molar-refractivity contribution < 1.29 is 4.39 Å². The van der Waals surface area contributed by atoms with E-state index in [2.05, 4.69) is 34.1 Å². The molecule has 6 heteroatoms. The van der Waals surface area contributed by atoms with Gasteiger partial charge in [-0.05, 0) is 19.8 Å². The average Bonchev–Trinajstić information content (AvgIpc) is 2.27. The normalized spacial score (nSPS) is 14.4. The van der Waals surface area contributed by atoms with Gasteiger partial charge in [0.05, 0.1) is 0 Å². The summed E-state index contributed by atoms with van der Waals surface area (Å²) in [5, 5.41) is 3.16. The van der Waals surface area contributed by atoms with Gasteiger partial charge >= 0.3 is 0 Å². The molecule has 1 rings (SSSR count). The molecule has 17 heavy (non-hydrogen) atoms. The lowest BCUT2D eigenvalue weighted by atomic mass is 10.1. The standard InChI is InChI=1S/C11H20FN5/c1-4-6-8(5-2)14-11-16-9(7(3)12)15-10(13)17-11/h7-8H,4-6H2,1-3H3,(H3,13,14,15,16,17). The Hall–Kier alpha value is -1.46. The van der Waals surface area contributed by atoms with Crippen molar-refractivity contribution in [2.75, 3.05) is 11.1 Å². The fraction of sp³-hybridized carbons (Fsp3) is 0.727. The van der Waals surface area contributed by atoms with Gasteiger partial charge in [-0.25, -0.2) is 4.39 Å². The Labute approximate surface area is 101 Å². The second-order valence-corrected chi connectivity index (χ2v) is 4.03. The zero-order chi connectivity index (χ0) is 12.8. The number of aromatic nitrogens is 3. The second-order valence-electron chi connectivity index (χ2n) is 4.03. The van der Waals surface area contributed by atoms with Gasteiger partial charge in [-0.3, -0.25) is 0 Å². The van der Waals surface area contributed by atoms with E-state index < -0.39 is 6.17 Å². The lowest BCUT2D eigenvalue weighted by Gasteiger charge is -2.16. The number of halogens is 1. The van der Waals surface area contributed by atoms with Gasteiger partial charge < -0.3 is 11.1 Å². The number of hydrogen-bond donors (Lipinski definition) is 2. The summed E-state index contributed by atoms with van der Waals surface area (Å²) < 4.78 is 13.1. The Morgan fingerprint density at radius 3 is 2.53 bits per heavy atom. The molecule has 2 atom stereocenters. The first-order valence-corrected chi connectivity index (χ1v) is 5.98. The van der Waals surface area contributed by atoms with Gasteiger partial charge in [0.2, 0.25) is 11.9 Å². The third-order valence-electron chi connectivity index (χ3n) is 2.49. The second kappa shape index (κ2) is 6.32. The molecule has 0 fully saturated rings. The van der Waals surface area contributed by atoms with Crippen LogP contribution in [0.2, 0.25) is 0 Å². The molecule has 2 unspecified atom stereocenters. The molecular weight excluding hydrogens is 221 g/mol. The summed E-state index contributed by atoms with van der Waals surface area (Å²) in [6.45, 7) is 5.57. The van der Waals surface area contributed by atoms with E-state index >= 15 is 0 Å². The van der Waals surface area contributed by atoms with E-state index in [1.165, 1.54) is 6.92 Å². The summed E-state index contributed by atoms with van der Waals surface area (Å²) in [6.07, 6.45) is 1.80. The first-order chi connectivity index (χ1) is 8.06. The molecule has 0 aliphatic rings. The van der Waals surface area contributed by atoms with Crippen LogP contribution in [0.25, 0.3) is 0 Å². The Morgan fingerprint density at radius 2 is 2.00 bits per heavy atom. The highest BCUT2D eigenvalue weighted by Gasteiger charge is 2.12. The molecule has 0 spiro atoms. The third kappa shape index (κ3) is 4.13. The molecule has 0 aliphatic carbocycles. The third-order valence-corrected chi connectivity index (χ3v) is 2.49. The van der Waals surface area contributed by atoms with Crippen molar-refractivity contribution in [3.05, 3.63) is 5.82 Å². The molecule has 1 heterocycles. The minimum absolute atomic E-state index is 0.0494. The minimum Gasteiger partial charge on any atom is -0.368 e. The molecule has 0 saturated heterocycles. The Kier molecular flexibility index (Phi) is 5.06. The van der Waals surface area contributed by atoms with E-state index in [0.29, 0.717) is 5.95 Å². The van der Waals surface area contributed by atoms with Gasteiger partial charge in [0, 0.05) is 6.04 Å². The number of hydrogen-bond acceptors (Lipinski definition) is 5. The number of nitrogens with two attached hydrogens (primary N) is 1. The van der Waals surface area contributed by atoms with Crippen LogP contribution in [-0.2, 0) is 0 Å². The van der Waals surface area contributed by atoms with Gasteiger partial charge in [0.15, 0.2) is 12.0 Å². The van der Waals surface area contributed by atoms with Crippen molar-refractivity contribution in [1.82, 2.24) is 15.0 Å². The number of alkyl halides is 1. The van der Waals surface area contributed by atoms with Crippen molar-refractivity contribution in [1.29, 1.82) is 0 Å². The van der Waals surface area contributed by atoms with Gasteiger partial charge in [0.1, 0.15) is 0 Å². The number of rotatable bonds is 6. The molecule has 0 radical (unpaired) electrons. The molecule has 3 N–H and O–H groups in total. The van der Waals surface area contributed by atoms with E-state index in [9.17, 15) is 4.39 Å². The number of nitrogen functional groups attached to an aromatic ring is 1. The predicted octanol–water partition coefficient (Wildman–Crippen LogP) is 2.47. The highest BCUT2D eigenvalue weighted by Crippen LogP contribution is 2.15. The predicted molar refractivity (Wildman–Crippen MR) is 66.4 cm³/mol. The Balaban J connectivity index is 2.82. The van der Waals surface area contributed by atoms with Crippen LogP contribution in [-0.4, -0.2) is 21.0 Å².